The third-order valence-electron chi connectivity index (χ3n) is 4.31. The second kappa shape index (κ2) is 5.95. The highest BCUT2D eigenvalue weighted by molar-refractivity contribution is 5.92. The van der Waals surface area contributed by atoms with Crippen molar-refractivity contribution in [1.82, 2.24) is 29.7 Å². The minimum absolute atomic E-state index is 0.0817. The number of nitrogens with zero attached hydrogens (tertiary/aromatic N) is 6. The third kappa shape index (κ3) is 2.70. The number of carbonyl (C=O) groups is 1. The van der Waals surface area contributed by atoms with Gasteiger partial charge in [-0.3, -0.25) is 9.48 Å². The van der Waals surface area contributed by atoms with Gasteiger partial charge in [0.2, 0.25) is 0 Å². The van der Waals surface area contributed by atoms with Gasteiger partial charge in [-0.25, -0.2) is 9.50 Å². The summed E-state index contributed by atoms with van der Waals surface area (Å²) in [4.78, 5) is 19.0. The number of aryl methyl sites for hydroxylation is 1. The largest absolute Gasteiger partial charge is 0.353 e. The van der Waals surface area contributed by atoms with Crippen LogP contribution < -0.4 is 10.2 Å². The second-order valence-electron chi connectivity index (χ2n) is 6.05. The minimum Gasteiger partial charge on any atom is -0.353 e. The van der Waals surface area contributed by atoms with Crippen LogP contribution in [0.25, 0.3) is 5.52 Å². The Hall–Kier alpha value is -2.90. The van der Waals surface area contributed by atoms with E-state index in [1.165, 1.54) is 0 Å². The SMILES string of the molecule is Cn1ccc(C(=O)NC2CCCN(c3nccn4nccc34)C2)n1. The number of fused-ring (bicyclic) bond motifs is 1. The summed E-state index contributed by atoms with van der Waals surface area (Å²) in [5, 5.41) is 11.5. The maximum atomic E-state index is 12.3. The molecule has 3 aromatic heterocycles. The van der Waals surface area contributed by atoms with E-state index in [2.05, 4.69) is 25.4 Å². The molecule has 1 aliphatic heterocycles. The summed E-state index contributed by atoms with van der Waals surface area (Å²) in [6.45, 7) is 1.66. The monoisotopic (exact) mass is 325 g/mol. The van der Waals surface area contributed by atoms with E-state index in [-0.39, 0.29) is 11.9 Å². The van der Waals surface area contributed by atoms with Crippen LogP contribution in [0.15, 0.2) is 36.9 Å². The van der Waals surface area contributed by atoms with Crippen molar-refractivity contribution >= 4 is 17.2 Å². The van der Waals surface area contributed by atoms with Gasteiger partial charge in [0.05, 0.1) is 6.20 Å². The number of carbonyl (C=O) groups excluding carboxylic acids is 1. The Morgan fingerprint density at radius 2 is 2.21 bits per heavy atom. The molecule has 4 rings (SSSR count). The molecule has 1 unspecified atom stereocenters. The highest BCUT2D eigenvalue weighted by Crippen LogP contribution is 2.22. The lowest BCUT2D eigenvalue weighted by molar-refractivity contribution is 0.0927. The highest BCUT2D eigenvalue weighted by atomic mass is 16.2. The molecule has 1 amide bonds. The summed E-state index contributed by atoms with van der Waals surface area (Å²) in [7, 11) is 1.80. The molecule has 4 heterocycles. The van der Waals surface area contributed by atoms with Crippen LogP contribution in [-0.4, -0.2) is 49.4 Å². The molecule has 124 valence electrons. The molecule has 1 N–H and O–H groups in total. The van der Waals surface area contributed by atoms with Gasteiger partial charge in [0.25, 0.3) is 5.91 Å². The van der Waals surface area contributed by atoms with E-state index in [9.17, 15) is 4.79 Å². The van der Waals surface area contributed by atoms with E-state index >= 15 is 0 Å². The molecule has 0 aliphatic carbocycles. The number of rotatable bonds is 3. The quantitative estimate of drug-likeness (QED) is 0.772. The summed E-state index contributed by atoms with van der Waals surface area (Å²) >= 11 is 0. The number of anilines is 1. The Kier molecular flexibility index (Phi) is 3.64. The van der Waals surface area contributed by atoms with Crippen molar-refractivity contribution in [2.75, 3.05) is 18.0 Å². The van der Waals surface area contributed by atoms with Crippen molar-refractivity contribution in [3.05, 3.63) is 42.6 Å². The maximum absolute atomic E-state index is 12.3. The predicted octanol–water partition coefficient (Wildman–Crippen LogP) is 0.862. The first-order valence-corrected chi connectivity index (χ1v) is 8.04. The standard InChI is InChI=1S/C16H19N7O/c1-21-9-5-13(20-21)16(24)19-12-3-2-8-22(11-12)15-14-4-6-18-23(14)10-7-17-15/h4-7,9-10,12H,2-3,8,11H2,1H3,(H,19,24). The van der Waals surface area contributed by atoms with Crippen LogP contribution in [0.5, 0.6) is 0 Å². The van der Waals surface area contributed by atoms with E-state index in [1.807, 2.05) is 16.8 Å². The number of hydrogen-bond donors (Lipinski definition) is 1. The van der Waals surface area contributed by atoms with Gasteiger partial charge in [0, 0.05) is 44.8 Å². The summed E-state index contributed by atoms with van der Waals surface area (Å²) in [6, 6.07) is 3.77. The highest BCUT2D eigenvalue weighted by Gasteiger charge is 2.24. The fraction of sp³-hybridized carbons (Fsp3) is 0.375. The van der Waals surface area contributed by atoms with Crippen molar-refractivity contribution in [1.29, 1.82) is 0 Å². The molecule has 1 aliphatic rings. The van der Waals surface area contributed by atoms with Gasteiger partial charge in [0.1, 0.15) is 11.2 Å². The van der Waals surface area contributed by atoms with Crippen molar-refractivity contribution < 1.29 is 4.79 Å². The molecule has 8 heteroatoms. The molecule has 0 bridgehead atoms. The zero-order valence-corrected chi connectivity index (χ0v) is 13.5. The molecular weight excluding hydrogens is 306 g/mol. The third-order valence-corrected chi connectivity index (χ3v) is 4.31. The van der Waals surface area contributed by atoms with Crippen LogP contribution >= 0.6 is 0 Å². The Morgan fingerprint density at radius 1 is 1.29 bits per heavy atom. The fourth-order valence-corrected chi connectivity index (χ4v) is 3.17. The van der Waals surface area contributed by atoms with Crippen molar-refractivity contribution in [3.8, 4) is 0 Å². The Morgan fingerprint density at radius 3 is 3.04 bits per heavy atom. The van der Waals surface area contributed by atoms with Gasteiger partial charge in [0.15, 0.2) is 5.82 Å². The predicted molar refractivity (Wildman–Crippen MR) is 88.9 cm³/mol. The lowest BCUT2D eigenvalue weighted by Gasteiger charge is -2.34. The summed E-state index contributed by atoms with van der Waals surface area (Å²) in [5.74, 6) is 0.782. The fourth-order valence-electron chi connectivity index (χ4n) is 3.17. The average Bonchev–Trinajstić information content (AvgIpc) is 3.23. The molecule has 8 nitrogen and oxygen atoms in total. The average molecular weight is 325 g/mol. The zero-order chi connectivity index (χ0) is 16.5. The lowest BCUT2D eigenvalue weighted by atomic mass is 10.1. The number of aromatic nitrogens is 5. The normalized spacial score (nSPS) is 18.0. The van der Waals surface area contributed by atoms with Crippen LogP contribution in [0.2, 0.25) is 0 Å². The summed E-state index contributed by atoms with van der Waals surface area (Å²) < 4.78 is 3.45. The van der Waals surface area contributed by atoms with Gasteiger partial charge in [-0.1, -0.05) is 0 Å². The molecule has 0 spiro atoms. The first kappa shape index (κ1) is 14.7. The van der Waals surface area contributed by atoms with Gasteiger partial charge in [-0.2, -0.15) is 10.2 Å². The second-order valence-corrected chi connectivity index (χ2v) is 6.05. The number of amides is 1. The van der Waals surface area contributed by atoms with Crippen LogP contribution in [0.4, 0.5) is 5.82 Å². The van der Waals surface area contributed by atoms with E-state index in [0.717, 1.165) is 37.3 Å². The van der Waals surface area contributed by atoms with E-state index in [0.29, 0.717) is 5.69 Å². The van der Waals surface area contributed by atoms with Crippen molar-refractivity contribution in [3.63, 3.8) is 0 Å². The maximum Gasteiger partial charge on any atom is 0.272 e. The number of piperidine rings is 1. The zero-order valence-electron chi connectivity index (χ0n) is 13.5. The van der Waals surface area contributed by atoms with Crippen LogP contribution in [0.1, 0.15) is 23.3 Å². The first-order valence-electron chi connectivity index (χ1n) is 8.04. The van der Waals surface area contributed by atoms with Crippen LogP contribution in [-0.2, 0) is 7.05 Å². The molecule has 0 radical (unpaired) electrons. The van der Waals surface area contributed by atoms with E-state index in [4.69, 9.17) is 0 Å². The molecule has 1 atom stereocenters. The molecule has 1 saturated heterocycles. The summed E-state index contributed by atoms with van der Waals surface area (Å²) in [5.41, 5.74) is 1.43. The van der Waals surface area contributed by atoms with Crippen LogP contribution in [0, 0.1) is 0 Å². The smallest absolute Gasteiger partial charge is 0.272 e. The minimum atomic E-state index is -0.127. The molecule has 3 aromatic rings. The van der Waals surface area contributed by atoms with Gasteiger partial charge < -0.3 is 10.2 Å². The molecule has 0 saturated carbocycles. The Balaban J connectivity index is 1.49. The van der Waals surface area contributed by atoms with Gasteiger partial charge >= 0.3 is 0 Å². The van der Waals surface area contributed by atoms with Gasteiger partial charge in [-0.15, -0.1) is 0 Å². The number of hydrogen-bond acceptors (Lipinski definition) is 5. The molecule has 24 heavy (non-hydrogen) atoms. The lowest BCUT2D eigenvalue weighted by Crippen LogP contribution is -2.48. The van der Waals surface area contributed by atoms with Crippen LogP contribution in [0.3, 0.4) is 0 Å². The first-order chi connectivity index (χ1) is 11.7. The van der Waals surface area contributed by atoms with E-state index < -0.39 is 0 Å². The van der Waals surface area contributed by atoms with E-state index in [1.54, 1.807) is 36.4 Å². The summed E-state index contributed by atoms with van der Waals surface area (Å²) in [6.07, 6.45) is 9.09. The van der Waals surface area contributed by atoms with Crippen molar-refractivity contribution in [2.24, 2.45) is 7.05 Å². The topological polar surface area (TPSA) is 80.4 Å². The molecular formula is C16H19N7O. The number of nitrogens with one attached hydrogen (secondary N) is 1. The van der Waals surface area contributed by atoms with Gasteiger partial charge in [-0.05, 0) is 25.0 Å². The Labute approximate surface area is 139 Å². The molecule has 0 aromatic carbocycles. The Bertz CT molecular complexity index is 868. The van der Waals surface area contributed by atoms with Crippen molar-refractivity contribution in [2.45, 2.75) is 18.9 Å². The molecule has 1 fully saturated rings.